The van der Waals surface area contributed by atoms with Gasteiger partial charge in [-0.25, -0.2) is 8.42 Å². The maximum Gasteiger partial charge on any atom is 0.177 e. The molecule has 0 bridgehead atoms. The van der Waals surface area contributed by atoms with Gasteiger partial charge in [0.15, 0.2) is 15.6 Å². The van der Waals surface area contributed by atoms with E-state index in [0.29, 0.717) is 18.4 Å². The van der Waals surface area contributed by atoms with Gasteiger partial charge < -0.3 is 0 Å². The first kappa shape index (κ1) is 13.3. The molecule has 0 N–H and O–H groups in total. The van der Waals surface area contributed by atoms with Crippen LogP contribution in [0.25, 0.3) is 0 Å². The predicted molar refractivity (Wildman–Crippen MR) is 71.4 cm³/mol. The minimum atomic E-state index is -3.28. The predicted octanol–water partition coefficient (Wildman–Crippen LogP) is 2.62. The van der Waals surface area contributed by atoms with Gasteiger partial charge in [-0.2, -0.15) is 0 Å². The number of benzene rings is 1. The number of hydrogen-bond acceptors (Lipinski definition) is 3. The standard InChI is InChI=1S/C14H18O3S/c15-14(12-7-3-1-4-8-12)11-18(16,17)13-9-5-2-6-10-13/h1,3-4,7-8,13H,2,5-6,9-11H2. The van der Waals surface area contributed by atoms with E-state index in [0.717, 1.165) is 19.3 Å². The lowest BCUT2D eigenvalue weighted by molar-refractivity contribution is 0.102. The normalized spacial score (nSPS) is 17.6. The summed E-state index contributed by atoms with van der Waals surface area (Å²) in [6, 6.07) is 8.64. The van der Waals surface area contributed by atoms with E-state index in [4.69, 9.17) is 0 Å². The summed E-state index contributed by atoms with van der Waals surface area (Å²) < 4.78 is 24.3. The van der Waals surface area contributed by atoms with Crippen molar-refractivity contribution in [2.45, 2.75) is 37.4 Å². The minimum Gasteiger partial charge on any atom is -0.293 e. The van der Waals surface area contributed by atoms with Crippen LogP contribution in [0.1, 0.15) is 42.5 Å². The quantitative estimate of drug-likeness (QED) is 0.787. The first-order chi connectivity index (χ1) is 8.59. The van der Waals surface area contributed by atoms with Crippen LogP contribution in [0.4, 0.5) is 0 Å². The van der Waals surface area contributed by atoms with Crippen LogP contribution in [0, 0.1) is 0 Å². The smallest absolute Gasteiger partial charge is 0.177 e. The van der Waals surface area contributed by atoms with Gasteiger partial charge in [-0.1, -0.05) is 49.6 Å². The molecule has 1 aromatic carbocycles. The number of ketones is 1. The SMILES string of the molecule is O=C(CS(=O)(=O)C1CCCCC1)c1ccccc1. The Hall–Kier alpha value is -1.16. The number of sulfone groups is 1. The van der Waals surface area contributed by atoms with E-state index in [9.17, 15) is 13.2 Å². The van der Waals surface area contributed by atoms with Gasteiger partial charge in [0, 0.05) is 5.56 Å². The molecule has 3 nitrogen and oxygen atoms in total. The monoisotopic (exact) mass is 266 g/mol. The van der Waals surface area contributed by atoms with Gasteiger partial charge in [-0.3, -0.25) is 4.79 Å². The van der Waals surface area contributed by atoms with Crippen LogP contribution in [-0.2, 0) is 9.84 Å². The molecule has 0 radical (unpaired) electrons. The molecule has 0 aliphatic heterocycles. The Morgan fingerprint density at radius 2 is 1.67 bits per heavy atom. The molecule has 18 heavy (non-hydrogen) atoms. The summed E-state index contributed by atoms with van der Waals surface area (Å²) in [6.07, 6.45) is 4.46. The van der Waals surface area contributed by atoms with Gasteiger partial charge in [-0.15, -0.1) is 0 Å². The van der Waals surface area contributed by atoms with Crippen molar-refractivity contribution in [1.82, 2.24) is 0 Å². The highest BCUT2D eigenvalue weighted by atomic mass is 32.2. The highest BCUT2D eigenvalue weighted by molar-refractivity contribution is 7.92. The highest BCUT2D eigenvalue weighted by Crippen LogP contribution is 2.24. The molecule has 98 valence electrons. The number of hydrogen-bond donors (Lipinski definition) is 0. The number of rotatable bonds is 4. The summed E-state index contributed by atoms with van der Waals surface area (Å²) in [7, 11) is -3.28. The van der Waals surface area contributed by atoms with Gasteiger partial charge in [0.2, 0.25) is 0 Å². The van der Waals surface area contributed by atoms with Crippen LogP contribution in [0.5, 0.6) is 0 Å². The van der Waals surface area contributed by atoms with Gasteiger partial charge >= 0.3 is 0 Å². The van der Waals surface area contributed by atoms with Crippen LogP contribution in [0.2, 0.25) is 0 Å². The zero-order chi connectivity index (χ0) is 13.0. The van der Waals surface area contributed by atoms with Crippen molar-refractivity contribution in [2.75, 3.05) is 5.75 Å². The Morgan fingerprint density at radius 1 is 1.06 bits per heavy atom. The van der Waals surface area contributed by atoms with Crippen molar-refractivity contribution < 1.29 is 13.2 Å². The lowest BCUT2D eigenvalue weighted by Crippen LogP contribution is -2.29. The van der Waals surface area contributed by atoms with Gasteiger partial charge in [0.25, 0.3) is 0 Å². The molecule has 0 saturated heterocycles. The van der Waals surface area contributed by atoms with E-state index in [1.54, 1.807) is 24.3 Å². The Kier molecular flexibility index (Phi) is 4.17. The zero-order valence-electron chi connectivity index (χ0n) is 10.3. The van der Waals surface area contributed by atoms with Crippen molar-refractivity contribution in [3.8, 4) is 0 Å². The second-order valence-electron chi connectivity index (χ2n) is 4.86. The van der Waals surface area contributed by atoms with Crippen LogP contribution in [0.3, 0.4) is 0 Å². The third kappa shape index (κ3) is 3.19. The Morgan fingerprint density at radius 3 is 2.28 bits per heavy atom. The molecular formula is C14H18O3S. The largest absolute Gasteiger partial charge is 0.293 e. The van der Waals surface area contributed by atoms with Crippen LogP contribution in [0.15, 0.2) is 30.3 Å². The molecule has 1 aromatic rings. The second kappa shape index (κ2) is 5.65. The molecule has 2 rings (SSSR count). The minimum absolute atomic E-state index is 0.291. The van der Waals surface area contributed by atoms with E-state index < -0.39 is 9.84 Å². The van der Waals surface area contributed by atoms with Crippen molar-refractivity contribution in [3.05, 3.63) is 35.9 Å². The maximum atomic E-state index is 12.1. The molecule has 1 fully saturated rings. The van der Waals surface area contributed by atoms with Crippen LogP contribution in [-0.4, -0.2) is 25.2 Å². The third-order valence-electron chi connectivity index (χ3n) is 3.49. The summed E-state index contributed by atoms with van der Waals surface area (Å²) >= 11 is 0. The second-order valence-corrected chi connectivity index (χ2v) is 7.14. The average Bonchev–Trinajstić information content (AvgIpc) is 2.40. The van der Waals surface area contributed by atoms with E-state index >= 15 is 0 Å². The number of carbonyl (C=O) groups excluding carboxylic acids is 1. The van der Waals surface area contributed by atoms with Crippen LogP contribution < -0.4 is 0 Å². The van der Waals surface area contributed by atoms with Crippen molar-refractivity contribution in [3.63, 3.8) is 0 Å². The fraction of sp³-hybridized carbons (Fsp3) is 0.500. The summed E-state index contributed by atoms with van der Waals surface area (Å²) in [5.41, 5.74) is 0.483. The lowest BCUT2D eigenvalue weighted by Gasteiger charge is -2.21. The molecule has 0 aromatic heterocycles. The molecule has 4 heteroatoms. The van der Waals surface area contributed by atoms with Crippen molar-refractivity contribution >= 4 is 15.6 Å². The average molecular weight is 266 g/mol. The molecule has 1 aliphatic carbocycles. The Bertz CT molecular complexity index is 499. The molecule has 1 aliphatic rings. The molecule has 0 heterocycles. The number of carbonyl (C=O) groups is 1. The first-order valence-electron chi connectivity index (χ1n) is 6.39. The summed E-state index contributed by atoms with van der Waals surface area (Å²) in [5, 5.41) is -0.307. The van der Waals surface area contributed by atoms with E-state index in [1.807, 2.05) is 6.07 Å². The zero-order valence-corrected chi connectivity index (χ0v) is 11.2. The summed E-state index contributed by atoms with van der Waals surface area (Å²) in [6.45, 7) is 0. The fourth-order valence-electron chi connectivity index (χ4n) is 2.43. The van der Waals surface area contributed by atoms with Gasteiger partial charge in [0.05, 0.1) is 5.25 Å². The van der Waals surface area contributed by atoms with Crippen molar-refractivity contribution in [2.24, 2.45) is 0 Å². The lowest BCUT2D eigenvalue weighted by atomic mass is 10.0. The molecule has 0 unspecified atom stereocenters. The van der Waals surface area contributed by atoms with Gasteiger partial charge in [-0.05, 0) is 12.8 Å². The maximum absolute atomic E-state index is 12.1. The van der Waals surface area contributed by atoms with E-state index in [2.05, 4.69) is 0 Å². The van der Waals surface area contributed by atoms with Crippen molar-refractivity contribution in [1.29, 1.82) is 0 Å². The molecule has 1 saturated carbocycles. The summed E-state index contributed by atoms with van der Waals surface area (Å²) in [4.78, 5) is 11.9. The van der Waals surface area contributed by atoms with E-state index in [1.165, 1.54) is 0 Å². The fourth-order valence-corrected chi connectivity index (χ4v) is 4.25. The van der Waals surface area contributed by atoms with E-state index in [-0.39, 0.29) is 16.8 Å². The first-order valence-corrected chi connectivity index (χ1v) is 8.11. The highest BCUT2D eigenvalue weighted by Gasteiger charge is 2.29. The third-order valence-corrected chi connectivity index (χ3v) is 5.64. The molecular weight excluding hydrogens is 248 g/mol. The van der Waals surface area contributed by atoms with Crippen LogP contribution >= 0.6 is 0 Å². The Balaban J connectivity index is 2.06. The number of Topliss-reactive ketones (excluding diaryl/α,β-unsaturated/α-hetero) is 1. The molecule has 0 atom stereocenters. The Labute approximate surface area is 108 Å². The van der Waals surface area contributed by atoms with Gasteiger partial charge in [0.1, 0.15) is 5.75 Å². The molecule has 0 amide bonds. The molecule has 0 spiro atoms. The topological polar surface area (TPSA) is 51.2 Å². The summed E-state index contributed by atoms with van der Waals surface area (Å²) in [5.74, 6) is -0.636.